The van der Waals surface area contributed by atoms with Crippen molar-refractivity contribution < 1.29 is 27.5 Å². The summed E-state index contributed by atoms with van der Waals surface area (Å²) >= 11 is 5.81. The van der Waals surface area contributed by atoms with E-state index in [4.69, 9.17) is 16.3 Å². The molecule has 0 saturated carbocycles. The first-order valence-corrected chi connectivity index (χ1v) is 7.49. The predicted molar refractivity (Wildman–Crippen MR) is 86.7 cm³/mol. The Hall–Kier alpha value is -2.60. The summed E-state index contributed by atoms with van der Waals surface area (Å²) in [5.74, 6) is -4.51. The molecule has 2 aromatic carbocycles. The summed E-state index contributed by atoms with van der Waals surface area (Å²) in [6.07, 6.45) is 0.798. The number of rotatable bonds is 5. The maximum absolute atomic E-state index is 13.6. The van der Waals surface area contributed by atoms with E-state index in [0.717, 1.165) is 30.4 Å². The number of esters is 1. The molecule has 0 heterocycles. The lowest BCUT2D eigenvalue weighted by Crippen LogP contribution is -2.23. The molecule has 0 aromatic heterocycles. The average Bonchev–Trinajstić information content (AvgIpc) is 2.56. The highest BCUT2D eigenvalue weighted by Crippen LogP contribution is 2.20. The first-order valence-electron chi connectivity index (χ1n) is 7.11. The lowest BCUT2D eigenvalue weighted by molar-refractivity contribution is -0.140. The number of ketones is 1. The molecule has 0 N–H and O–H groups in total. The van der Waals surface area contributed by atoms with E-state index < -0.39 is 35.3 Å². The highest BCUT2D eigenvalue weighted by atomic mass is 35.5. The van der Waals surface area contributed by atoms with Crippen molar-refractivity contribution in [1.82, 2.24) is 0 Å². The van der Waals surface area contributed by atoms with Gasteiger partial charge in [-0.3, -0.25) is 4.79 Å². The van der Waals surface area contributed by atoms with Gasteiger partial charge in [0.25, 0.3) is 0 Å². The van der Waals surface area contributed by atoms with Gasteiger partial charge in [0, 0.05) is 17.2 Å². The molecule has 0 spiro atoms. The number of benzene rings is 2. The van der Waals surface area contributed by atoms with Gasteiger partial charge >= 0.3 is 5.97 Å². The van der Waals surface area contributed by atoms with Crippen LogP contribution in [0.1, 0.15) is 22.8 Å². The largest absolute Gasteiger partial charge is 0.451 e. The van der Waals surface area contributed by atoms with Gasteiger partial charge in [-0.05, 0) is 43.3 Å². The van der Waals surface area contributed by atoms with Crippen LogP contribution in [-0.4, -0.2) is 17.9 Å². The quantitative estimate of drug-likeness (QED) is 0.440. The average molecular weight is 369 g/mol. The molecule has 0 bridgehead atoms. The van der Waals surface area contributed by atoms with Crippen LogP contribution in [0.25, 0.3) is 6.08 Å². The fourth-order valence-corrected chi connectivity index (χ4v) is 2.20. The van der Waals surface area contributed by atoms with Crippen LogP contribution < -0.4 is 0 Å². The van der Waals surface area contributed by atoms with E-state index in [2.05, 4.69) is 0 Å². The number of halogens is 4. The molecular weight excluding hydrogens is 357 g/mol. The van der Waals surface area contributed by atoms with E-state index in [-0.39, 0.29) is 16.1 Å². The van der Waals surface area contributed by atoms with Crippen molar-refractivity contribution in [3.8, 4) is 0 Å². The Bertz CT molecular complexity index is 829. The van der Waals surface area contributed by atoms with Crippen molar-refractivity contribution in [2.45, 2.75) is 13.0 Å². The Labute approximate surface area is 146 Å². The summed E-state index contributed by atoms with van der Waals surface area (Å²) < 4.78 is 44.5. The molecule has 25 heavy (non-hydrogen) atoms. The van der Waals surface area contributed by atoms with Crippen LogP contribution in [0.4, 0.5) is 13.2 Å². The molecule has 1 unspecified atom stereocenters. The number of carbonyl (C=O) groups excluding carboxylic acids is 2. The third-order valence-corrected chi connectivity index (χ3v) is 3.58. The smallest absolute Gasteiger partial charge is 0.331 e. The van der Waals surface area contributed by atoms with E-state index in [1.54, 1.807) is 0 Å². The van der Waals surface area contributed by atoms with Crippen LogP contribution in [0.2, 0.25) is 5.02 Å². The van der Waals surface area contributed by atoms with Crippen LogP contribution in [0, 0.1) is 17.5 Å². The molecule has 0 aliphatic heterocycles. The number of hydrogen-bond donors (Lipinski definition) is 0. The molecule has 0 amide bonds. The normalized spacial score (nSPS) is 12.2. The Kier molecular flexibility index (Phi) is 5.98. The summed E-state index contributed by atoms with van der Waals surface area (Å²) in [5.41, 5.74) is -0.138. The number of hydrogen-bond acceptors (Lipinski definition) is 3. The maximum Gasteiger partial charge on any atom is 0.331 e. The number of carbonyl (C=O) groups is 2. The Morgan fingerprint density at radius 1 is 1.08 bits per heavy atom. The first-order chi connectivity index (χ1) is 11.8. The van der Waals surface area contributed by atoms with Crippen molar-refractivity contribution in [1.29, 1.82) is 0 Å². The minimum Gasteiger partial charge on any atom is -0.451 e. The van der Waals surface area contributed by atoms with Crippen molar-refractivity contribution in [2.75, 3.05) is 0 Å². The second-order valence-electron chi connectivity index (χ2n) is 5.04. The molecule has 2 aromatic rings. The summed E-state index contributed by atoms with van der Waals surface area (Å²) in [5, 5.41) is 0.106. The van der Waals surface area contributed by atoms with Gasteiger partial charge in [-0.1, -0.05) is 17.7 Å². The summed E-state index contributed by atoms with van der Waals surface area (Å²) in [6.45, 7) is 1.28. The van der Waals surface area contributed by atoms with Crippen molar-refractivity contribution >= 4 is 29.4 Å². The van der Waals surface area contributed by atoms with Crippen LogP contribution >= 0.6 is 11.6 Å². The minimum absolute atomic E-state index is 0.000650. The molecule has 130 valence electrons. The third-order valence-electron chi connectivity index (χ3n) is 3.25. The molecule has 0 radical (unpaired) electrons. The van der Waals surface area contributed by atoms with E-state index in [1.807, 2.05) is 0 Å². The number of ether oxygens (including phenoxy) is 1. The van der Waals surface area contributed by atoms with E-state index >= 15 is 0 Å². The fourth-order valence-electron chi connectivity index (χ4n) is 1.97. The Balaban J connectivity index is 2.05. The minimum atomic E-state index is -1.24. The molecule has 0 fully saturated rings. The molecule has 0 aliphatic rings. The SMILES string of the molecule is CC(OC(=O)/C=C/c1c(F)cccc1Cl)C(=O)c1ccc(F)c(F)c1. The van der Waals surface area contributed by atoms with E-state index in [0.29, 0.717) is 0 Å². The highest BCUT2D eigenvalue weighted by molar-refractivity contribution is 6.32. The van der Waals surface area contributed by atoms with E-state index in [1.165, 1.54) is 25.1 Å². The van der Waals surface area contributed by atoms with Gasteiger partial charge in [-0.2, -0.15) is 0 Å². The summed E-state index contributed by atoms with van der Waals surface area (Å²) in [4.78, 5) is 23.8. The van der Waals surface area contributed by atoms with E-state index in [9.17, 15) is 22.8 Å². The van der Waals surface area contributed by atoms with Crippen molar-refractivity contribution in [2.24, 2.45) is 0 Å². The van der Waals surface area contributed by atoms with Gasteiger partial charge in [0.05, 0.1) is 5.02 Å². The van der Waals surface area contributed by atoms with Gasteiger partial charge in [-0.15, -0.1) is 0 Å². The Morgan fingerprint density at radius 2 is 1.80 bits per heavy atom. The summed E-state index contributed by atoms with van der Waals surface area (Å²) in [6, 6.07) is 6.64. The second-order valence-corrected chi connectivity index (χ2v) is 5.45. The zero-order chi connectivity index (χ0) is 18.6. The molecule has 2 rings (SSSR count). The molecule has 7 heteroatoms. The van der Waals surface area contributed by atoms with Gasteiger partial charge in [0.15, 0.2) is 17.7 Å². The number of Topliss-reactive ketones (excluding diaryl/α,β-unsaturated/α-hetero) is 1. The zero-order valence-corrected chi connectivity index (χ0v) is 13.7. The first kappa shape index (κ1) is 18.7. The third kappa shape index (κ3) is 4.70. The highest BCUT2D eigenvalue weighted by Gasteiger charge is 2.20. The topological polar surface area (TPSA) is 43.4 Å². The van der Waals surface area contributed by atoms with Crippen LogP contribution in [0.3, 0.4) is 0 Å². The fraction of sp³-hybridized carbons (Fsp3) is 0.111. The molecule has 3 nitrogen and oxygen atoms in total. The standard InChI is InChI=1S/C18H12ClF3O3/c1-10(18(24)11-5-7-15(21)16(22)9-11)25-17(23)8-6-12-13(19)3-2-4-14(12)20/h2-10H,1H3/b8-6+. The van der Waals surface area contributed by atoms with Crippen molar-refractivity contribution in [3.63, 3.8) is 0 Å². The van der Waals surface area contributed by atoms with Crippen molar-refractivity contribution in [3.05, 3.63) is 76.1 Å². The lowest BCUT2D eigenvalue weighted by atomic mass is 10.1. The van der Waals surface area contributed by atoms with Gasteiger partial charge in [0.2, 0.25) is 5.78 Å². The van der Waals surface area contributed by atoms with Crippen LogP contribution in [0.15, 0.2) is 42.5 Å². The Morgan fingerprint density at radius 3 is 2.44 bits per heavy atom. The van der Waals surface area contributed by atoms with Gasteiger partial charge < -0.3 is 4.74 Å². The molecular formula is C18H12ClF3O3. The maximum atomic E-state index is 13.6. The van der Waals surface area contributed by atoms with Gasteiger partial charge in [-0.25, -0.2) is 18.0 Å². The molecule has 0 aliphatic carbocycles. The lowest BCUT2D eigenvalue weighted by Gasteiger charge is -2.11. The summed E-state index contributed by atoms with van der Waals surface area (Å²) in [7, 11) is 0. The molecule has 1 atom stereocenters. The van der Waals surface area contributed by atoms with Crippen LogP contribution in [-0.2, 0) is 9.53 Å². The predicted octanol–water partition coefficient (Wildman–Crippen LogP) is 4.59. The molecule has 0 saturated heterocycles. The van der Waals surface area contributed by atoms with Crippen LogP contribution in [0.5, 0.6) is 0 Å². The van der Waals surface area contributed by atoms with Gasteiger partial charge in [0.1, 0.15) is 5.82 Å². The monoisotopic (exact) mass is 368 g/mol. The zero-order valence-electron chi connectivity index (χ0n) is 12.9. The second kappa shape index (κ2) is 7.98.